The molecule has 0 aliphatic carbocycles. The molecule has 0 aliphatic heterocycles. The van der Waals surface area contributed by atoms with Gasteiger partial charge in [0.2, 0.25) is 0 Å². The zero-order valence-corrected chi connectivity index (χ0v) is 15.3. The van der Waals surface area contributed by atoms with E-state index < -0.39 is 17.6 Å². The van der Waals surface area contributed by atoms with Crippen LogP contribution >= 0.6 is 0 Å². The molecule has 0 aliphatic rings. The van der Waals surface area contributed by atoms with Gasteiger partial charge >= 0.3 is 6.18 Å². The molecule has 0 saturated carbocycles. The van der Waals surface area contributed by atoms with Crippen LogP contribution in [-0.4, -0.2) is 37.7 Å². The van der Waals surface area contributed by atoms with E-state index in [1.54, 1.807) is 24.3 Å². The number of amides is 1. The van der Waals surface area contributed by atoms with Crippen LogP contribution in [0.4, 0.5) is 13.2 Å². The molecule has 0 heterocycles. The van der Waals surface area contributed by atoms with Crippen molar-refractivity contribution in [1.82, 2.24) is 4.90 Å². The lowest BCUT2D eigenvalue weighted by molar-refractivity contribution is -0.138. The third-order valence-electron chi connectivity index (χ3n) is 3.88. The van der Waals surface area contributed by atoms with E-state index in [0.717, 1.165) is 6.07 Å². The minimum absolute atomic E-state index is 0.0376. The van der Waals surface area contributed by atoms with Crippen LogP contribution in [0.15, 0.2) is 48.5 Å². The lowest BCUT2D eigenvalue weighted by Crippen LogP contribution is -2.28. The van der Waals surface area contributed by atoms with Gasteiger partial charge in [-0.25, -0.2) is 0 Å². The van der Waals surface area contributed by atoms with Crippen molar-refractivity contribution in [2.24, 2.45) is 0 Å². The highest BCUT2D eigenvalue weighted by Gasteiger charge is 2.33. The molecule has 0 saturated heterocycles. The number of halogens is 3. The highest BCUT2D eigenvalue weighted by molar-refractivity contribution is 5.96. The molecular weight excluding hydrogens is 359 g/mol. The van der Waals surface area contributed by atoms with E-state index in [1.807, 2.05) is 6.92 Å². The second-order valence-electron chi connectivity index (χ2n) is 5.86. The molecule has 146 valence electrons. The second-order valence-corrected chi connectivity index (χ2v) is 5.86. The van der Waals surface area contributed by atoms with Crippen molar-refractivity contribution in [3.63, 3.8) is 0 Å². The first-order valence-electron chi connectivity index (χ1n) is 8.54. The van der Waals surface area contributed by atoms with Gasteiger partial charge in [0.15, 0.2) is 0 Å². The first kappa shape index (κ1) is 20.8. The number of carbonyl (C=O) groups is 1. The Balaban J connectivity index is 2.15. The summed E-state index contributed by atoms with van der Waals surface area (Å²) in [5, 5.41) is 0. The van der Waals surface area contributed by atoms with Crippen molar-refractivity contribution in [3.8, 4) is 5.75 Å². The molecule has 0 N–H and O–H groups in total. The molecule has 0 unspecified atom stereocenters. The van der Waals surface area contributed by atoms with Crippen molar-refractivity contribution in [3.05, 3.63) is 65.2 Å². The average Bonchev–Trinajstić information content (AvgIpc) is 2.64. The minimum atomic E-state index is -4.47. The number of hydrogen-bond donors (Lipinski definition) is 0. The fraction of sp³-hybridized carbons (Fsp3) is 0.350. The second kappa shape index (κ2) is 9.41. The van der Waals surface area contributed by atoms with Gasteiger partial charge in [0.25, 0.3) is 5.91 Å². The van der Waals surface area contributed by atoms with Gasteiger partial charge in [-0.1, -0.05) is 30.3 Å². The number of hydrogen-bond acceptors (Lipinski definition) is 3. The van der Waals surface area contributed by atoms with E-state index in [9.17, 15) is 18.0 Å². The lowest BCUT2D eigenvalue weighted by atomic mass is 10.1. The van der Waals surface area contributed by atoms with E-state index in [-0.39, 0.29) is 18.7 Å². The maximum Gasteiger partial charge on any atom is 0.416 e. The Hall–Kier alpha value is -2.54. The third-order valence-corrected chi connectivity index (χ3v) is 3.88. The molecule has 7 heteroatoms. The van der Waals surface area contributed by atoms with E-state index in [0.29, 0.717) is 24.5 Å². The quantitative estimate of drug-likeness (QED) is 0.637. The van der Waals surface area contributed by atoms with Gasteiger partial charge in [0, 0.05) is 20.2 Å². The average molecular weight is 381 g/mol. The van der Waals surface area contributed by atoms with Crippen LogP contribution in [-0.2, 0) is 17.5 Å². The highest BCUT2D eigenvalue weighted by Crippen LogP contribution is 2.32. The first-order valence-corrected chi connectivity index (χ1v) is 8.54. The lowest BCUT2D eigenvalue weighted by Gasteiger charge is -2.21. The van der Waals surface area contributed by atoms with Crippen molar-refractivity contribution in [2.75, 3.05) is 26.9 Å². The molecule has 0 bridgehead atoms. The van der Waals surface area contributed by atoms with E-state index in [4.69, 9.17) is 9.47 Å². The standard InChI is InChI=1S/C20H22F3NO3/c1-3-26-12-13-27-18-11-7-5-9-16(18)19(25)24(2)14-15-8-4-6-10-17(15)20(21,22)23/h4-11H,3,12-14H2,1-2H3. The van der Waals surface area contributed by atoms with Crippen molar-refractivity contribution in [2.45, 2.75) is 19.6 Å². The molecule has 2 rings (SSSR count). The number of alkyl halides is 3. The van der Waals surface area contributed by atoms with Gasteiger partial charge in [-0.05, 0) is 30.7 Å². The Morgan fingerprint density at radius 3 is 2.41 bits per heavy atom. The summed E-state index contributed by atoms with van der Waals surface area (Å²) in [6, 6.07) is 11.9. The van der Waals surface area contributed by atoms with E-state index >= 15 is 0 Å². The molecule has 0 radical (unpaired) electrons. The zero-order chi connectivity index (χ0) is 19.9. The topological polar surface area (TPSA) is 38.8 Å². The Kier molecular flexibility index (Phi) is 7.24. The molecule has 0 spiro atoms. The molecule has 27 heavy (non-hydrogen) atoms. The fourth-order valence-electron chi connectivity index (χ4n) is 2.59. The van der Waals surface area contributed by atoms with Crippen LogP contribution in [0.1, 0.15) is 28.4 Å². The zero-order valence-electron chi connectivity index (χ0n) is 15.3. The highest BCUT2D eigenvalue weighted by atomic mass is 19.4. The van der Waals surface area contributed by atoms with Gasteiger partial charge in [-0.2, -0.15) is 13.2 Å². The number of benzene rings is 2. The summed E-state index contributed by atoms with van der Waals surface area (Å²) in [5.74, 6) is -0.0443. The van der Waals surface area contributed by atoms with Crippen LogP contribution in [0, 0.1) is 0 Å². The minimum Gasteiger partial charge on any atom is -0.490 e. The first-order chi connectivity index (χ1) is 12.8. The maximum absolute atomic E-state index is 13.2. The monoisotopic (exact) mass is 381 g/mol. The summed E-state index contributed by atoms with van der Waals surface area (Å²) in [6.07, 6.45) is -4.47. The summed E-state index contributed by atoms with van der Waals surface area (Å²) in [7, 11) is 1.46. The largest absolute Gasteiger partial charge is 0.490 e. The smallest absolute Gasteiger partial charge is 0.416 e. The van der Waals surface area contributed by atoms with E-state index in [2.05, 4.69) is 0 Å². The van der Waals surface area contributed by atoms with Crippen molar-refractivity contribution in [1.29, 1.82) is 0 Å². The Bertz CT molecular complexity index is 762. The molecule has 1 amide bonds. The SMILES string of the molecule is CCOCCOc1ccccc1C(=O)N(C)Cc1ccccc1C(F)(F)F. The van der Waals surface area contributed by atoms with Crippen LogP contribution in [0.3, 0.4) is 0 Å². The molecule has 2 aromatic rings. The summed E-state index contributed by atoms with van der Waals surface area (Å²) in [6.45, 7) is 2.92. The molecule has 0 aromatic heterocycles. The maximum atomic E-state index is 13.2. The Morgan fingerprint density at radius 1 is 1.04 bits per heavy atom. The molecule has 2 aromatic carbocycles. The van der Waals surface area contributed by atoms with Crippen LogP contribution in [0.2, 0.25) is 0 Å². The van der Waals surface area contributed by atoms with Gasteiger partial charge in [0.1, 0.15) is 12.4 Å². The van der Waals surface area contributed by atoms with Crippen LogP contribution in [0.5, 0.6) is 5.75 Å². The summed E-state index contributed by atoms with van der Waals surface area (Å²) >= 11 is 0. The predicted molar refractivity (Wildman–Crippen MR) is 95.7 cm³/mol. The van der Waals surface area contributed by atoms with Crippen molar-refractivity contribution >= 4 is 5.91 Å². The summed E-state index contributed by atoms with van der Waals surface area (Å²) < 4.78 is 50.2. The van der Waals surface area contributed by atoms with Crippen LogP contribution < -0.4 is 4.74 Å². The molecule has 4 nitrogen and oxygen atoms in total. The third kappa shape index (κ3) is 5.72. The molecule has 0 atom stereocenters. The van der Waals surface area contributed by atoms with Gasteiger partial charge in [-0.15, -0.1) is 0 Å². The summed E-state index contributed by atoms with van der Waals surface area (Å²) in [4.78, 5) is 14.0. The number of nitrogens with zero attached hydrogens (tertiary/aromatic N) is 1. The van der Waals surface area contributed by atoms with Gasteiger partial charge in [-0.3, -0.25) is 4.79 Å². The van der Waals surface area contributed by atoms with Gasteiger partial charge in [0.05, 0.1) is 17.7 Å². The molecular formula is C20H22F3NO3. The predicted octanol–water partition coefficient (Wildman–Crippen LogP) is 4.39. The summed E-state index contributed by atoms with van der Waals surface area (Å²) in [5.41, 5.74) is -0.414. The number of para-hydroxylation sites is 1. The molecule has 0 fully saturated rings. The number of rotatable bonds is 8. The van der Waals surface area contributed by atoms with E-state index in [1.165, 1.54) is 30.1 Å². The Labute approximate surface area is 156 Å². The van der Waals surface area contributed by atoms with Crippen molar-refractivity contribution < 1.29 is 27.4 Å². The number of carbonyl (C=O) groups excluding carboxylic acids is 1. The number of ether oxygens (including phenoxy) is 2. The van der Waals surface area contributed by atoms with Crippen LogP contribution in [0.25, 0.3) is 0 Å². The fourth-order valence-corrected chi connectivity index (χ4v) is 2.59. The normalized spacial score (nSPS) is 11.3. The van der Waals surface area contributed by atoms with Gasteiger partial charge < -0.3 is 14.4 Å². The Morgan fingerprint density at radius 2 is 1.70 bits per heavy atom.